The van der Waals surface area contributed by atoms with Gasteiger partial charge in [-0.2, -0.15) is 0 Å². The van der Waals surface area contributed by atoms with Crippen molar-refractivity contribution in [2.24, 2.45) is 23.7 Å². The molecule has 0 unspecified atom stereocenters. The molecule has 380 valence electrons. The number of benzene rings is 4. The van der Waals surface area contributed by atoms with Crippen molar-refractivity contribution in [3.63, 3.8) is 0 Å². The number of rotatable bonds is 32. The summed E-state index contributed by atoms with van der Waals surface area (Å²) in [7, 11) is 0. The lowest BCUT2D eigenvalue weighted by Gasteiger charge is -2.18. The van der Waals surface area contributed by atoms with Crippen molar-refractivity contribution < 1.29 is 49.6 Å². The molecule has 10 heteroatoms. The Balaban J connectivity index is 0.000000360. The van der Waals surface area contributed by atoms with Gasteiger partial charge in [0.05, 0.1) is 0 Å². The number of hydrogen-bond donors (Lipinski definition) is 6. The first-order chi connectivity index (χ1) is 32.6. The predicted octanol–water partition coefficient (Wildman–Crippen LogP) is 14.8. The zero-order chi connectivity index (χ0) is 49.8. The minimum atomic E-state index is -0.0505. The van der Waals surface area contributed by atoms with Crippen LogP contribution in [-0.2, 0) is 25.7 Å². The molecular formula is C58H88O10. The Morgan fingerprint density at radius 1 is 0.368 bits per heavy atom. The Labute approximate surface area is 409 Å². The molecule has 0 fully saturated rings. The zero-order valence-corrected chi connectivity index (χ0v) is 43.0. The summed E-state index contributed by atoms with van der Waals surface area (Å²) in [6.45, 7) is 19.1. The first-order valence-corrected chi connectivity index (χ1v) is 25.8. The third-order valence-electron chi connectivity index (χ3n) is 12.3. The smallest absolute Gasteiger partial charge is 0.126 e. The molecule has 0 saturated heterocycles. The summed E-state index contributed by atoms with van der Waals surface area (Å²) in [4.78, 5) is 0. The Kier molecular flexibility index (Phi) is 26.8. The van der Waals surface area contributed by atoms with Crippen molar-refractivity contribution in [3.05, 3.63) is 82.9 Å². The van der Waals surface area contributed by atoms with E-state index in [1.165, 1.54) is 74.9 Å². The lowest BCUT2D eigenvalue weighted by molar-refractivity contribution is 0.214. The molecule has 0 spiro atoms. The van der Waals surface area contributed by atoms with Gasteiger partial charge in [-0.3, -0.25) is 0 Å². The van der Waals surface area contributed by atoms with E-state index in [4.69, 9.17) is 18.9 Å². The van der Waals surface area contributed by atoms with Crippen molar-refractivity contribution >= 4 is 0 Å². The molecular weight excluding hydrogens is 857 g/mol. The quantitative estimate of drug-likeness (QED) is 0.0260. The minimum absolute atomic E-state index is 0.0505. The van der Waals surface area contributed by atoms with Crippen molar-refractivity contribution in [1.29, 1.82) is 0 Å². The fourth-order valence-electron chi connectivity index (χ4n) is 8.32. The van der Waals surface area contributed by atoms with E-state index in [0.29, 0.717) is 48.0 Å². The molecule has 0 saturated carbocycles. The highest BCUT2D eigenvalue weighted by atomic mass is 16.5. The summed E-state index contributed by atoms with van der Waals surface area (Å²) >= 11 is 0. The summed E-state index contributed by atoms with van der Waals surface area (Å²) in [5, 5.41) is 60.0. The average molecular weight is 945 g/mol. The summed E-state index contributed by atoms with van der Waals surface area (Å²) in [6, 6.07) is 16.2. The minimum Gasteiger partial charge on any atom is -0.508 e. The first-order valence-electron chi connectivity index (χ1n) is 25.8. The van der Waals surface area contributed by atoms with E-state index in [9.17, 15) is 30.6 Å². The fourth-order valence-corrected chi connectivity index (χ4v) is 8.32. The number of unbranched alkanes of at least 4 members (excludes halogenated alkanes) is 4. The summed E-state index contributed by atoms with van der Waals surface area (Å²) < 4.78 is 23.4. The van der Waals surface area contributed by atoms with E-state index in [-0.39, 0.29) is 36.2 Å². The first kappa shape index (κ1) is 57.2. The molecule has 0 bridgehead atoms. The maximum atomic E-state index is 10.8. The van der Waals surface area contributed by atoms with Gasteiger partial charge in [0.25, 0.3) is 0 Å². The predicted molar refractivity (Wildman–Crippen MR) is 277 cm³/mol. The summed E-state index contributed by atoms with van der Waals surface area (Å²) in [6.07, 6.45) is 19.6. The molecule has 4 aromatic carbocycles. The van der Waals surface area contributed by atoms with Crippen LogP contribution in [0, 0.1) is 23.7 Å². The number of phenolic OH excluding ortho intramolecular Hbond substituents is 6. The SMILES string of the molecule is CCCCCc1cc(O)c(CC[C@@H](C)CCCC(C)C)c(OCCOc2cc(O)cc(O)c2)c1.CCCCCc1cc(O)c(CC[C@H](C)CCCC(C)C)c(OCCOc2cc(O)cc(O)c2)c1. The van der Waals surface area contributed by atoms with E-state index in [1.807, 2.05) is 12.1 Å². The van der Waals surface area contributed by atoms with Gasteiger partial charge in [-0.25, -0.2) is 0 Å². The topological polar surface area (TPSA) is 158 Å². The van der Waals surface area contributed by atoms with Gasteiger partial charge in [0.2, 0.25) is 0 Å². The third-order valence-corrected chi connectivity index (χ3v) is 12.3. The molecule has 0 aliphatic heterocycles. The highest BCUT2D eigenvalue weighted by Gasteiger charge is 2.17. The monoisotopic (exact) mass is 945 g/mol. The van der Waals surface area contributed by atoms with Gasteiger partial charge in [0, 0.05) is 47.5 Å². The molecule has 0 aliphatic carbocycles. The van der Waals surface area contributed by atoms with Gasteiger partial charge in [-0.05, 0) is 110 Å². The highest BCUT2D eigenvalue weighted by molar-refractivity contribution is 5.49. The standard InChI is InChI=1S/2C29H44O5/c2*1-5-6-7-11-23-16-28(32)27(13-12-22(4)10-8-9-21(2)3)29(17-23)34-15-14-33-26-19-24(30)18-25(31)20-26/h2*16-22,30-32H,5-15H2,1-4H3/t2*22-/m10/s1. The summed E-state index contributed by atoms with van der Waals surface area (Å²) in [5.41, 5.74) is 3.91. The van der Waals surface area contributed by atoms with Crippen LogP contribution in [-0.4, -0.2) is 57.1 Å². The second-order valence-corrected chi connectivity index (χ2v) is 19.8. The molecule has 0 amide bonds. The molecule has 0 heterocycles. The number of aromatic hydroxyl groups is 6. The maximum Gasteiger partial charge on any atom is 0.126 e. The number of phenols is 6. The molecule has 4 aromatic rings. The highest BCUT2D eigenvalue weighted by Crippen LogP contribution is 2.35. The Hall–Kier alpha value is -5.12. The van der Waals surface area contributed by atoms with E-state index in [1.54, 1.807) is 0 Å². The van der Waals surface area contributed by atoms with Gasteiger partial charge in [0.15, 0.2) is 0 Å². The molecule has 68 heavy (non-hydrogen) atoms. The van der Waals surface area contributed by atoms with Crippen LogP contribution in [0.5, 0.6) is 57.5 Å². The van der Waals surface area contributed by atoms with Crippen LogP contribution in [0.4, 0.5) is 0 Å². The molecule has 4 rings (SSSR count). The number of hydrogen-bond acceptors (Lipinski definition) is 10. The van der Waals surface area contributed by atoms with E-state index in [2.05, 4.69) is 67.5 Å². The van der Waals surface area contributed by atoms with Gasteiger partial charge in [-0.1, -0.05) is 120 Å². The second kappa shape index (κ2) is 31.8. The lowest BCUT2D eigenvalue weighted by Crippen LogP contribution is -2.11. The van der Waals surface area contributed by atoms with E-state index < -0.39 is 0 Å². The third kappa shape index (κ3) is 23.3. The maximum absolute atomic E-state index is 10.8. The zero-order valence-electron chi connectivity index (χ0n) is 43.0. The average Bonchev–Trinajstić information content (AvgIpc) is 3.25. The Bertz CT molecular complexity index is 1830. The summed E-state index contributed by atoms with van der Waals surface area (Å²) in [5.74, 6) is 5.31. The molecule has 10 nitrogen and oxygen atoms in total. The van der Waals surface area contributed by atoms with E-state index in [0.717, 1.165) is 123 Å². The van der Waals surface area contributed by atoms with Crippen LogP contribution >= 0.6 is 0 Å². The number of ether oxygens (including phenoxy) is 4. The van der Waals surface area contributed by atoms with Gasteiger partial charge in [-0.15, -0.1) is 0 Å². The van der Waals surface area contributed by atoms with Crippen LogP contribution in [0.1, 0.15) is 168 Å². The Morgan fingerprint density at radius 2 is 0.721 bits per heavy atom. The molecule has 6 N–H and O–H groups in total. The second-order valence-electron chi connectivity index (χ2n) is 19.8. The Morgan fingerprint density at radius 3 is 1.06 bits per heavy atom. The van der Waals surface area contributed by atoms with Crippen molar-refractivity contribution in [1.82, 2.24) is 0 Å². The van der Waals surface area contributed by atoms with Crippen molar-refractivity contribution in [3.8, 4) is 57.5 Å². The molecule has 0 aliphatic rings. The van der Waals surface area contributed by atoms with Gasteiger partial charge >= 0.3 is 0 Å². The molecule has 0 aromatic heterocycles. The largest absolute Gasteiger partial charge is 0.508 e. The molecule has 0 radical (unpaired) electrons. The van der Waals surface area contributed by atoms with Crippen LogP contribution in [0.25, 0.3) is 0 Å². The van der Waals surface area contributed by atoms with Crippen LogP contribution in [0.3, 0.4) is 0 Å². The van der Waals surface area contributed by atoms with Crippen LogP contribution in [0.15, 0.2) is 60.7 Å². The number of aryl methyl sites for hydroxylation is 2. The van der Waals surface area contributed by atoms with Crippen LogP contribution < -0.4 is 18.9 Å². The van der Waals surface area contributed by atoms with Gasteiger partial charge < -0.3 is 49.6 Å². The van der Waals surface area contributed by atoms with E-state index >= 15 is 0 Å². The molecule has 2 atom stereocenters. The normalized spacial score (nSPS) is 12.1. The van der Waals surface area contributed by atoms with Crippen LogP contribution in [0.2, 0.25) is 0 Å². The van der Waals surface area contributed by atoms with Gasteiger partial charge in [0.1, 0.15) is 83.9 Å². The van der Waals surface area contributed by atoms with Crippen molar-refractivity contribution in [2.45, 2.75) is 171 Å². The lowest BCUT2D eigenvalue weighted by atomic mass is 9.93. The van der Waals surface area contributed by atoms with Crippen molar-refractivity contribution in [2.75, 3.05) is 26.4 Å². The fraction of sp³-hybridized carbons (Fsp3) is 0.586.